The molecule has 0 N–H and O–H groups in total. The first-order valence-electron chi connectivity index (χ1n) is 9.83. The number of benzene rings is 3. The van der Waals surface area contributed by atoms with E-state index < -0.39 is 0 Å². The normalized spacial score (nSPS) is 17.9. The van der Waals surface area contributed by atoms with E-state index in [2.05, 4.69) is 72.5 Å². The minimum Gasteiger partial charge on any atom is -0.496 e. The van der Waals surface area contributed by atoms with Crippen molar-refractivity contribution in [2.45, 2.75) is 32.4 Å². The highest BCUT2D eigenvalue weighted by Crippen LogP contribution is 2.49. The molecule has 1 aliphatic carbocycles. The Labute approximate surface area is 161 Å². The average Bonchev–Trinajstić information content (AvgIpc) is 2.71. The van der Waals surface area contributed by atoms with Crippen LogP contribution in [0.1, 0.15) is 33.9 Å². The molecule has 1 atom stereocenters. The van der Waals surface area contributed by atoms with Gasteiger partial charge in [-0.25, -0.2) is 0 Å². The standard InChI is InChI=1S/C25H25NO/c1-17-11-12-20-15-22-23-19(9-6-10-21(23)24(20)25(17)27-2)13-14-26(22)16-18-7-4-3-5-8-18/h3-12,22H,13-16H2,1-2H3/t22-/m1/s1. The second-order valence-electron chi connectivity index (χ2n) is 7.75. The molecule has 2 nitrogen and oxygen atoms in total. The van der Waals surface area contributed by atoms with E-state index in [0.29, 0.717) is 6.04 Å². The van der Waals surface area contributed by atoms with Crippen LogP contribution in [0.2, 0.25) is 0 Å². The van der Waals surface area contributed by atoms with Crippen LogP contribution in [0.25, 0.3) is 11.1 Å². The molecule has 0 radical (unpaired) electrons. The maximum Gasteiger partial charge on any atom is 0.129 e. The number of aryl methyl sites for hydroxylation is 1. The van der Waals surface area contributed by atoms with Crippen molar-refractivity contribution in [3.8, 4) is 16.9 Å². The Kier molecular flexibility index (Phi) is 4.02. The Balaban J connectivity index is 1.63. The zero-order valence-corrected chi connectivity index (χ0v) is 16.0. The molecule has 2 aliphatic rings. The van der Waals surface area contributed by atoms with Gasteiger partial charge in [0.05, 0.1) is 7.11 Å². The Morgan fingerprint density at radius 3 is 2.63 bits per heavy atom. The number of fused-ring (bicyclic) bond motifs is 2. The van der Waals surface area contributed by atoms with Crippen molar-refractivity contribution < 1.29 is 4.74 Å². The molecule has 0 aromatic heterocycles. The quantitative estimate of drug-likeness (QED) is 0.630. The average molecular weight is 355 g/mol. The molecular weight excluding hydrogens is 330 g/mol. The van der Waals surface area contributed by atoms with Gasteiger partial charge in [-0.15, -0.1) is 0 Å². The summed E-state index contributed by atoms with van der Waals surface area (Å²) in [5, 5.41) is 0. The molecule has 0 spiro atoms. The molecule has 1 aliphatic heterocycles. The van der Waals surface area contributed by atoms with E-state index in [1.54, 1.807) is 7.11 Å². The van der Waals surface area contributed by atoms with Gasteiger partial charge in [-0.2, -0.15) is 0 Å². The molecule has 0 fully saturated rings. The van der Waals surface area contributed by atoms with Gasteiger partial charge >= 0.3 is 0 Å². The highest BCUT2D eigenvalue weighted by Gasteiger charge is 2.35. The van der Waals surface area contributed by atoms with Crippen LogP contribution in [-0.2, 0) is 19.4 Å². The molecule has 0 saturated heterocycles. The predicted molar refractivity (Wildman–Crippen MR) is 110 cm³/mol. The number of rotatable bonds is 3. The largest absolute Gasteiger partial charge is 0.496 e. The lowest BCUT2D eigenvalue weighted by molar-refractivity contribution is 0.173. The molecular formula is C25H25NO. The van der Waals surface area contributed by atoms with Gasteiger partial charge in [-0.05, 0) is 53.1 Å². The van der Waals surface area contributed by atoms with Crippen LogP contribution in [0.5, 0.6) is 5.75 Å². The van der Waals surface area contributed by atoms with Gasteiger partial charge in [0.1, 0.15) is 5.75 Å². The van der Waals surface area contributed by atoms with Crippen LogP contribution in [0.4, 0.5) is 0 Å². The van der Waals surface area contributed by atoms with E-state index in [1.807, 2.05) is 0 Å². The molecule has 2 heteroatoms. The predicted octanol–water partition coefficient (Wildman–Crippen LogP) is 5.33. The first-order chi connectivity index (χ1) is 13.3. The summed E-state index contributed by atoms with van der Waals surface area (Å²) in [6.45, 7) is 4.27. The SMILES string of the molecule is COc1c(C)ccc2c1-c1cccc3c1[C@@H](C2)N(Cc1ccccc1)CC3. The summed E-state index contributed by atoms with van der Waals surface area (Å²) in [5.74, 6) is 1.04. The fourth-order valence-electron chi connectivity index (χ4n) is 4.95. The fourth-order valence-corrected chi connectivity index (χ4v) is 4.95. The van der Waals surface area contributed by atoms with Crippen LogP contribution in [0, 0.1) is 6.92 Å². The third kappa shape index (κ3) is 2.67. The zero-order valence-electron chi connectivity index (χ0n) is 16.0. The third-order valence-corrected chi connectivity index (χ3v) is 6.19. The highest BCUT2D eigenvalue weighted by molar-refractivity contribution is 5.81. The molecule has 0 bridgehead atoms. The monoisotopic (exact) mass is 355 g/mol. The molecule has 0 saturated carbocycles. The fraction of sp³-hybridized carbons (Fsp3) is 0.280. The summed E-state index contributed by atoms with van der Waals surface area (Å²) in [6.07, 6.45) is 2.18. The Morgan fingerprint density at radius 1 is 0.963 bits per heavy atom. The molecule has 3 aromatic rings. The van der Waals surface area contributed by atoms with E-state index in [0.717, 1.165) is 31.7 Å². The van der Waals surface area contributed by atoms with E-state index in [9.17, 15) is 0 Å². The van der Waals surface area contributed by atoms with Gasteiger partial charge < -0.3 is 4.74 Å². The Hall–Kier alpha value is -2.58. The van der Waals surface area contributed by atoms with Crippen molar-refractivity contribution >= 4 is 0 Å². The van der Waals surface area contributed by atoms with Gasteiger partial charge in [0.25, 0.3) is 0 Å². The Bertz CT molecular complexity index is 993. The third-order valence-electron chi connectivity index (χ3n) is 6.19. The van der Waals surface area contributed by atoms with Crippen molar-refractivity contribution in [1.29, 1.82) is 0 Å². The van der Waals surface area contributed by atoms with Gasteiger partial charge in [0.15, 0.2) is 0 Å². The van der Waals surface area contributed by atoms with Crippen molar-refractivity contribution in [3.63, 3.8) is 0 Å². The first-order valence-corrected chi connectivity index (χ1v) is 9.83. The summed E-state index contributed by atoms with van der Waals surface area (Å²) in [4.78, 5) is 2.66. The molecule has 0 unspecified atom stereocenters. The van der Waals surface area contributed by atoms with Crippen molar-refractivity contribution in [3.05, 3.63) is 88.5 Å². The summed E-state index contributed by atoms with van der Waals surface area (Å²) in [6, 6.07) is 22.6. The maximum atomic E-state index is 5.84. The van der Waals surface area contributed by atoms with Gasteiger partial charge in [0, 0.05) is 24.7 Å². The summed E-state index contributed by atoms with van der Waals surface area (Å²) >= 11 is 0. The summed E-state index contributed by atoms with van der Waals surface area (Å²) in [5.41, 5.74) is 9.73. The van der Waals surface area contributed by atoms with E-state index in [4.69, 9.17) is 4.74 Å². The van der Waals surface area contributed by atoms with E-state index in [-0.39, 0.29) is 0 Å². The topological polar surface area (TPSA) is 12.5 Å². The minimum atomic E-state index is 0.449. The first kappa shape index (κ1) is 16.6. The van der Waals surface area contributed by atoms with Gasteiger partial charge in [-0.1, -0.05) is 60.7 Å². The minimum absolute atomic E-state index is 0.449. The number of methoxy groups -OCH3 is 1. The molecule has 5 rings (SSSR count). The summed E-state index contributed by atoms with van der Waals surface area (Å²) in [7, 11) is 1.80. The van der Waals surface area contributed by atoms with Gasteiger partial charge in [-0.3, -0.25) is 4.90 Å². The number of ether oxygens (including phenoxy) is 1. The molecule has 3 aromatic carbocycles. The van der Waals surface area contributed by atoms with Crippen molar-refractivity contribution in [2.75, 3.05) is 13.7 Å². The lowest BCUT2D eigenvalue weighted by atomic mass is 9.76. The molecule has 27 heavy (non-hydrogen) atoms. The lowest BCUT2D eigenvalue weighted by Crippen LogP contribution is -2.38. The zero-order chi connectivity index (χ0) is 18.4. The van der Waals surface area contributed by atoms with Crippen LogP contribution < -0.4 is 4.74 Å². The van der Waals surface area contributed by atoms with Crippen LogP contribution in [0.3, 0.4) is 0 Å². The molecule has 136 valence electrons. The highest BCUT2D eigenvalue weighted by atomic mass is 16.5. The van der Waals surface area contributed by atoms with Crippen molar-refractivity contribution in [1.82, 2.24) is 4.90 Å². The Morgan fingerprint density at radius 2 is 1.81 bits per heavy atom. The van der Waals surface area contributed by atoms with Crippen LogP contribution in [0.15, 0.2) is 60.7 Å². The van der Waals surface area contributed by atoms with Crippen molar-refractivity contribution in [2.24, 2.45) is 0 Å². The second-order valence-corrected chi connectivity index (χ2v) is 7.75. The second kappa shape index (κ2) is 6.54. The molecule has 1 heterocycles. The number of hydrogen-bond donors (Lipinski definition) is 0. The molecule has 0 amide bonds. The summed E-state index contributed by atoms with van der Waals surface area (Å²) < 4.78 is 5.84. The number of nitrogens with zero attached hydrogens (tertiary/aromatic N) is 1. The lowest BCUT2D eigenvalue weighted by Gasteiger charge is -2.42. The van der Waals surface area contributed by atoms with Crippen LogP contribution in [-0.4, -0.2) is 18.6 Å². The van der Waals surface area contributed by atoms with E-state index in [1.165, 1.54) is 38.9 Å². The van der Waals surface area contributed by atoms with E-state index >= 15 is 0 Å². The number of hydrogen-bond acceptors (Lipinski definition) is 2. The van der Waals surface area contributed by atoms with Crippen LogP contribution >= 0.6 is 0 Å². The smallest absolute Gasteiger partial charge is 0.129 e. The van der Waals surface area contributed by atoms with Gasteiger partial charge in [0.2, 0.25) is 0 Å². The maximum absolute atomic E-state index is 5.84.